The second kappa shape index (κ2) is 6.87. The number of aliphatic imine (C=N–C) groups is 1. The Labute approximate surface area is 105 Å². The molecule has 0 aromatic heterocycles. The molecule has 0 atom stereocenters. The van der Waals surface area contributed by atoms with Crippen LogP contribution in [0.5, 0.6) is 0 Å². The van der Waals surface area contributed by atoms with Crippen molar-refractivity contribution in [2.45, 2.75) is 57.8 Å². The van der Waals surface area contributed by atoms with Gasteiger partial charge in [0.2, 0.25) is 0 Å². The molecule has 2 fully saturated rings. The van der Waals surface area contributed by atoms with E-state index in [-0.39, 0.29) is 0 Å². The van der Waals surface area contributed by atoms with Gasteiger partial charge in [0.05, 0.1) is 0 Å². The highest BCUT2D eigenvalue weighted by Crippen LogP contribution is 2.26. The van der Waals surface area contributed by atoms with Crippen molar-refractivity contribution in [2.24, 2.45) is 22.6 Å². The first kappa shape index (κ1) is 12.7. The quantitative estimate of drug-likeness (QED) is 0.570. The normalized spacial score (nSPS) is 23.4. The first-order valence-electron chi connectivity index (χ1n) is 7.38. The van der Waals surface area contributed by atoms with E-state index in [1.165, 1.54) is 57.8 Å². The Balaban J connectivity index is 1.53. The molecule has 0 spiro atoms. The van der Waals surface area contributed by atoms with Crippen LogP contribution in [0.25, 0.3) is 0 Å². The first-order chi connectivity index (χ1) is 8.34. The molecule has 98 valence electrons. The van der Waals surface area contributed by atoms with Gasteiger partial charge in [-0.05, 0) is 31.1 Å². The Morgan fingerprint density at radius 1 is 1.00 bits per heavy atom. The topological polar surface area (TPSA) is 50.4 Å². The molecule has 0 amide bonds. The maximum absolute atomic E-state index is 5.86. The maximum atomic E-state index is 5.86. The Hall–Kier alpha value is -0.730. The van der Waals surface area contributed by atoms with Crippen molar-refractivity contribution in [3.8, 4) is 0 Å². The molecular weight excluding hydrogens is 210 g/mol. The van der Waals surface area contributed by atoms with E-state index in [4.69, 9.17) is 5.73 Å². The van der Waals surface area contributed by atoms with Crippen molar-refractivity contribution in [3.63, 3.8) is 0 Å². The molecule has 0 saturated heterocycles. The van der Waals surface area contributed by atoms with Crippen LogP contribution in [0, 0.1) is 11.8 Å². The summed E-state index contributed by atoms with van der Waals surface area (Å²) in [6.07, 6.45) is 12.5. The Kier molecular flexibility index (Phi) is 5.14. The summed E-state index contributed by atoms with van der Waals surface area (Å²) >= 11 is 0. The standard InChI is InChI=1S/C14H27N3/c15-14(17-11-13-7-4-8-13)16-10-9-12-5-2-1-3-6-12/h12-13H,1-11H2,(H3,15,16,17). The van der Waals surface area contributed by atoms with Gasteiger partial charge in [-0.15, -0.1) is 0 Å². The molecule has 2 aliphatic rings. The van der Waals surface area contributed by atoms with Gasteiger partial charge in [0.15, 0.2) is 5.96 Å². The zero-order valence-corrected chi connectivity index (χ0v) is 11.0. The SMILES string of the molecule is NC(=NCC1CCC1)NCCC1CCCCC1. The summed E-state index contributed by atoms with van der Waals surface area (Å²) in [6, 6.07) is 0. The van der Waals surface area contributed by atoms with Crippen molar-refractivity contribution in [2.75, 3.05) is 13.1 Å². The lowest BCUT2D eigenvalue weighted by Crippen LogP contribution is -2.34. The van der Waals surface area contributed by atoms with E-state index in [2.05, 4.69) is 10.3 Å². The highest BCUT2D eigenvalue weighted by molar-refractivity contribution is 5.77. The summed E-state index contributed by atoms with van der Waals surface area (Å²) in [4.78, 5) is 4.41. The third-order valence-electron chi connectivity index (χ3n) is 4.33. The number of rotatable bonds is 5. The van der Waals surface area contributed by atoms with Crippen LogP contribution in [0.2, 0.25) is 0 Å². The molecule has 0 aromatic carbocycles. The highest BCUT2D eigenvalue weighted by Gasteiger charge is 2.16. The zero-order chi connectivity index (χ0) is 11.9. The lowest BCUT2D eigenvalue weighted by Gasteiger charge is -2.23. The van der Waals surface area contributed by atoms with Gasteiger partial charge in [0.1, 0.15) is 0 Å². The molecule has 0 heterocycles. The minimum atomic E-state index is 0.660. The van der Waals surface area contributed by atoms with Crippen molar-refractivity contribution < 1.29 is 0 Å². The minimum Gasteiger partial charge on any atom is -0.370 e. The lowest BCUT2D eigenvalue weighted by atomic mass is 9.86. The van der Waals surface area contributed by atoms with Crippen molar-refractivity contribution in [1.29, 1.82) is 0 Å². The molecule has 0 aliphatic heterocycles. The fraction of sp³-hybridized carbons (Fsp3) is 0.929. The molecule has 0 radical (unpaired) electrons. The second-order valence-corrected chi connectivity index (χ2v) is 5.74. The molecule has 0 aromatic rings. The number of nitrogens with one attached hydrogen (secondary N) is 1. The van der Waals surface area contributed by atoms with E-state index in [0.717, 1.165) is 24.9 Å². The largest absolute Gasteiger partial charge is 0.370 e. The van der Waals surface area contributed by atoms with E-state index in [1.807, 2.05) is 0 Å². The second-order valence-electron chi connectivity index (χ2n) is 5.74. The van der Waals surface area contributed by atoms with Gasteiger partial charge in [0, 0.05) is 13.1 Å². The monoisotopic (exact) mass is 237 g/mol. The van der Waals surface area contributed by atoms with Gasteiger partial charge in [-0.2, -0.15) is 0 Å². The van der Waals surface area contributed by atoms with Crippen LogP contribution in [0.15, 0.2) is 4.99 Å². The van der Waals surface area contributed by atoms with Crippen molar-refractivity contribution >= 4 is 5.96 Å². The lowest BCUT2D eigenvalue weighted by molar-refractivity contribution is 0.325. The molecule has 0 bridgehead atoms. The van der Waals surface area contributed by atoms with Crippen molar-refractivity contribution in [1.82, 2.24) is 5.32 Å². The van der Waals surface area contributed by atoms with E-state index < -0.39 is 0 Å². The van der Waals surface area contributed by atoms with Crippen LogP contribution in [-0.2, 0) is 0 Å². The van der Waals surface area contributed by atoms with Crippen LogP contribution < -0.4 is 11.1 Å². The molecule has 2 aliphatic carbocycles. The Morgan fingerprint density at radius 3 is 2.35 bits per heavy atom. The van der Waals surface area contributed by atoms with Gasteiger partial charge in [0.25, 0.3) is 0 Å². The van der Waals surface area contributed by atoms with E-state index in [0.29, 0.717) is 5.96 Å². The third kappa shape index (κ3) is 4.57. The molecule has 3 N–H and O–H groups in total. The smallest absolute Gasteiger partial charge is 0.188 e. The number of nitrogens with two attached hydrogens (primary N) is 1. The molecule has 3 heteroatoms. The average molecular weight is 237 g/mol. The Bertz CT molecular complexity index is 240. The van der Waals surface area contributed by atoms with Crippen LogP contribution in [-0.4, -0.2) is 19.0 Å². The summed E-state index contributed by atoms with van der Waals surface area (Å²) in [7, 11) is 0. The third-order valence-corrected chi connectivity index (χ3v) is 4.33. The fourth-order valence-electron chi connectivity index (χ4n) is 2.84. The number of nitrogens with zero attached hydrogens (tertiary/aromatic N) is 1. The summed E-state index contributed by atoms with van der Waals surface area (Å²) in [6.45, 7) is 1.94. The van der Waals surface area contributed by atoms with E-state index in [9.17, 15) is 0 Å². The summed E-state index contributed by atoms with van der Waals surface area (Å²) < 4.78 is 0. The number of guanidine groups is 1. The molecule has 17 heavy (non-hydrogen) atoms. The summed E-state index contributed by atoms with van der Waals surface area (Å²) in [5.41, 5.74) is 5.86. The summed E-state index contributed by atoms with van der Waals surface area (Å²) in [5, 5.41) is 3.26. The summed E-state index contributed by atoms with van der Waals surface area (Å²) in [5.74, 6) is 2.40. The van der Waals surface area contributed by atoms with Gasteiger partial charge in [-0.3, -0.25) is 4.99 Å². The molecule has 2 saturated carbocycles. The predicted molar refractivity (Wildman–Crippen MR) is 73.0 cm³/mol. The number of hydrogen-bond acceptors (Lipinski definition) is 1. The van der Waals surface area contributed by atoms with Gasteiger partial charge in [-0.25, -0.2) is 0 Å². The molecule has 2 rings (SSSR count). The van der Waals surface area contributed by atoms with E-state index in [1.54, 1.807) is 0 Å². The molecule has 0 unspecified atom stereocenters. The molecule has 3 nitrogen and oxygen atoms in total. The van der Waals surface area contributed by atoms with Gasteiger partial charge >= 0.3 is 0 Å². The first-order valence-corrected chi connectivity index (χ1v) is 7.38. The van der Waals surface area contributed by atoms with E-state index >= 15 is 0 Å². The fourth-order valence-corrected chi connectivity index (χ4v) is 2.84. The maximum Gasteiger partial charge on any atom is 0.188 e. The van der Waals surface area contributed by atoms with Gasteiger partial charge < -0.3 is 11.1 Å². The highest BCUT2D eigenvalue weighted by atomic mass is 15.1. The van der Waals surface area contributed by atoms with Crippen LogP contribution in [0.1, 0.15) is 57.8 Å². The van der Waals surface area contributed by atoms with Crippen LogP contribution in [0.3, 0.4) is 0 Å². The zero-order valence-electron chi connectivity index (χ0n) is 11.0. The molecular formula is C14H27N3. The van der Waals surface area contributed by atoms with Crippen LogP contribution >= 0.6 is 0 Å². The Morgan fingerprint density at radius 2 is 1.71 bits per heavy atom. The van der Waals surface area contributed by atoms with Gasteiger partial charge in [-0.1, -0.05) is 38.5 Å². The van der Waals surface area contributed by atoms with Crippen LogP contribution in [0.4, 0.5) is 0 Å². The number of hydrogen-bond donors (Lipinski definition) is 2. The van der Waals surface area contributed by atoms with Crippen molar-refractivity contribution in [3.05, 3.63) is 0 Å². The average Bonchev–Trinajstić information content (AvgIpc) is 2.28. The predicted octanol–water partition coefficient (Wildman–Crippen LogP) is 2.66. The minimum absolute atomic E-state index is 0.660.